The molecule has 0 bridgehead atoms. The third-order valence-electron chi connectivity index (χ3n) is 3.99. The Morgan fingerprint density at radius 1 is 0.810 bits per heavy atom. The van der Waals surface area contributed by atoms with Gasteiger partial charge in [0.2, 0.25) is 0 Å². The van der Waals surface area contributed by atoms with E-state index >= 15 is 0 Å². The Morgan fingerprint density at radius 2 is 1.62 bits per heavy atom. The number of imidazole rings is 1. The van der Waals surface area contributed by atoms with E-state index in [9.17, 15) is 0 Å². The van der Waals surface area contributed by atoms with Crippen LogP contribution in [0.2, 0.25) is 0 Å². The fourth-order valence-electron chi connectivity index (χ4n) is 2.90. The van der Waals surface area contributed by atoms with Crippen LogP contribution in [0.25, 0.3) is 21.8 Å². The predicted octanol–water partition coefficient (Wildman–Crippen LogP) is 4.43. The van der Waals surface area contributed by atoms with Crippen LogP contribution in [-0.4, -0.2) is 9.55 Å². The van der Waals surface area contributed by atoms with Crippen molar-refractivity contribution in [1.82, 2.24) is 9.55 Å². The molecule has 1 aromatic heterocycles. The van der Waals surface area contributed by atoms with Crippen molar-refractivity contribution < 1.29 is 0 Å². The van der Waals surface area contributed by atoms with Gasteiger partial charge in [0.15, 0.2) is 0 Å². The van der Waals surface area contributed by atoms with Gasteiger partial charge in [-0.05, 0) is 23.4 Å². The average molecular weight is 272 g/mol. The van der Waals surface area contributed by atoms with Gasteiger partial charge in [-0.3, -0.25) is 0 Å². The first kappa shape index (κ1) is 12.2. The second-order valence-electron chi connectivity index (χ2n) is 5.33. The predicted molar refractivity (Wildman–Crippen MR) is 87.4 cm³/mol. The molecule has 0 radical (unpaired) electrons. The third kappa shape index (κ3) is 2.19. The molecule has 0 aliphatic heterocycles. The second kappa shape index (κ2) is 5.06. The molecule has 0 fully saturated rings. The highest BCUT2D eigenvalue weighted by atomic mass is 15.0. The van der Waals surface area contributed by atoms with Crippen molar-refractivity contribution in [1.29, 1.82) is 0 Å². The van der Waals surface area contributed by atoms with Crippen molar-refractivity contribution in [2.75, 3.05) is 0 Å². The second-order valence-corrected chi connectivity index (χ2v) is 5.33. The van der Waals surface area contributed by atoms with Crippen molar-refractivity contribution in [3.63, 3.8) is 0 Å². The molecule has 21 heavy (non-hydrogen) atoms. The minimum Gasteiger partial charge on any atom is -0.330 e. The molecule has 0 amide bonds. The zero-order valence-corrected chi connectivity index (χ0v) is 11.7. The number of fused-ring (bicyclic) bond motifs is 3. The SMILES string of the molecule is c1ccc(CCn2cnc3ccc4ccccc4c32)cc1. The quantitative estimate of drug-likeness (QED) is 0.539. The molecule has 2 heteroatoms. The summed E-state index contributed by atoms with van der Waals surface area (Å²) in [6.07, 6.45) is 2.98. The summed E-state index contributed by atoms with van der Waals surface area (Å²) < 4.78 is 2.27. The molecule has 0 atom stereocenters. The van der Waals surface area contributed by atoms with Crippen LogP contribution in [0.5, 0.6) is 0 Å². The van der Waals surface area contributed by atoms with E-state index < -0.39 is 0 Å². The molecule has 0 saturated heterocycles. The number of rotatable bonds is 3. The van der Waals surface area contributed by atoms with Gasteiger partial charge in [-0.15, -0.1) is 0 Å². The molecule has 4 rings (SSSR count). The van der Waals surface area contributed by atoms with Crippen LogP contribution in [-0.2, 0) is 13.0 Å². The van der Waals surface area contributed by atoms with Crippen LogP contribution in [0.3, 0.4) is 0 Å². The monoisotopic (exact) mass is 272 g/mol. The highest BCUT2D eigenvalue weighted by Crippen LogP contribution is 2.24. The minimum absolute atomic E-state index is 0.953. The van der Waals surface area contributed by atoms with E-state index in [2.05, 4.69) is 76.3 Å². The lowest BCUT2D eigenvalue weighted by Crippen LogP contribution is -2.00. The first-order valence-corrected chi connectivity index (χ1v) is 7.28. The van der Waals surface area contributed by atoms with Crippen LogP contribution in [0.4, 0.5) is 0 Å². The molecule has 3 aromatic carbocycles. The van der Waals surface area contributed by atoms with Crippen LogP contribution in [0, 0.1) is 0 Å². The van der Waals surface area contributed by atoms with Gasteiger partial charge in [0.25, 0.3) is 0 Å². The van der Waals surface area contributed by atoms with Crippen molar-refractivity contribution in [2.45, 2.75) is 13.0 Å². The Kier molecular flexibility index (Phi) is 2.93. The van der Waals surface area contributed by atoms with Crippen molar-refractivity contribution in [3.8, 4) is 0 Å². The summed E-state index contributed by atoms with van der Waals surface area (Å²) in [5.41, 5.74) is 3.67. The number of nitrogens with zero attached hydrogens (tertiary/aromatic N) is 2. The number of hydrogen-bond donors (Lipinski definition) is 0. The van der Waals surface area contributed by atoms with Gasteiger partial charge in [0, 0.05) is 11.9 Å². The fourth-order valence-corrected chi connectivity index (χ4v) is 2.90. The van der Waals surface area contributed by atoms with E-state index in [1.165, 1.54) is 21.9 Å². The molecule has 1 heterocycles. The summed E-state index contributed by atoms with van der Waals surface area (Å²) in [5, 5.41) is 2.55. The number of hydrogen-bond acceptors (Lipinski definition) is 1. The standard InChI is InChI=1S/C19H16N2/c1-2-6-15(7-3-1)12-13-21-14-20-18-11-10-16-8-4-5-9-17(16)19(18)21/h1-11,14H,12-13H2. The van der Waals surface area contributed by atoms with Gasteiger partial charge in [-0.25, -0.2) is 4.98 Å². The number of aromatic nitrogens is 2. The lowest BCUT2D eigenvalue weighted by atomic mass is 10.1. The first-order chi connectivity index (χ1) is 10.4. The molecule has 4 aromatic rings. The highest BCUT2D eigenvalue weighted by molar-refractivity contribution is 6.04. The fraction of sp³-hybridized carbons (Fsp3) is 0.105. The van der Waals surface area contributed by atoms with Gasteiger partial charge in [0.05, 0.1) is 17.4 Å². The van der Waals surface area contributed by atoms with Gasteiger partial charge in [-0.2, -0.15) is 0 Å². The molecule has 0 N–H and O–H groups in total. The maximum atomic E-state index is 4.54. The molecule has 2 nitrogen and oxygen atoms in total. The zero-order chi connectivity index (χ0) is 14.1. The molecule has 0 aliphatic carbocycles. The molecular weight excluding hydrogens is 256 g/mol. The maximum Gasteiger partial charge on any atom is 0.0958 e. The van der Waals surface area contributed by atoms with Crippen LogP contribution in [0.15, 0.2) is 73.1 Å². The maximum absolute atomic E-state index is 4.54. The minimum atomic E-state index is 0.953. The molecular formula is C19H16N2. The largest absolute Gasteiger partial charge is 0.330 e. The van der Waals surface area contributed by atoms with Crippen molar-refractivity contribution >= 4 is 21.8 Å². The van der Waals surface area contributed by atoms with Crippen molar-refractivity contribution in [3.05, 3.63) is 78.6 Å². The Balaban J connectivity index is 1.77. The summed E-state index contributed by atoms with van der Waals surface area (Å²) in [5.74, 6) is 0. The van der Waals surface area contributed by atoms with E-state index in [1.54, 1.807) is 0 Å². The lowest BCUT2D eigenvalue weighted by Gasteiger charge is -2.07. The molecule has 0 spiro atoms. The molecule has 0 unspecified atom stereocenters. The zero-order valence-electron chi connectivity index (χ0n) is 11.7. The summed E-state index contributed by atoms with van der Waals surface area (Å²) in [7, 11) is 0. The van der Waals surface area contributed by atoms with Crippen LogP contribution < -0.4 is 0 Å². The van der Waals surface area contributed by atoms with E-state index in [0.717, 1.165) is 18.5 Å². The first-order valence-electron chi connectivity index (χ1n) is 7.28. The summed E-state index contributed by atoms with van der Waals surface area (Å²) >= 11 is 0. The third-order valence-corrected chi connectivity index (χ3v) is 3.99. The average Bonchev–Trinajstić information content (AvgIpc) is 2.97. The number of benzene rings is 3. The molecule has 102 valence electrons. The van der Waals surface area contributed by atoms with Gasteiger partial charge < -0.3 is 4.57 Å². The smallest absolute Gasteiger partial charge is 0.0958 e. The summed E-state index contributed by atoms with van der Waals surface area (Å²) in [6.45, 7) is 0.953. The lowest BCUT2D eigenvalue weighted by molar-refractivity contribution is 0.717. The Hall–Kier alpha value is -2.61. The number of aryl methyl sites for hydroxylation is 2. The van der Waals surface area contributed by atoms with Crippen molar-refractivity contribution in [2.24, 2.45) is 0 Å². The van der Waals surface area contributed by atoms with Gasteiger partial charge >= 0.3 is 0 Å². The van der Waals surface area contributed by atoms with Gasteiger partial charge in [0.1, 0.15) is 0 Å². The Bertz CT molecular complexity index is 891. The van der Waals surface area contributed by atoms with Crippen LogP contribution in [0.1, 0.15) is 5.56 Å². The molecule has 0 saturated carbocycles. The van der Waals surface area contributed by atoms with Gasteiger partial charge in [-0.1, -0.05) is 60.7 Å². The normalized spacial score (nSPS) is 11.2. The Labute approximate surface area is 123 Å². The topological polar surface area (TPSA) is 17.8 Å². The highest BCUT2D eigenvalue weighted by Gasteiger charge is 2.06. The summed E-state index contributed by atoms with van der Waals surface area (Å²) in [6, 6.07) is 23.4. The van der Waals surface area contributed by atoms with E-state index in [0.29, 0.717) is 0 Å². The van der Waals surface area contributed by atoms with E-state index in [4.69, 9.17) is 0 Å². The van der Waals surface area contributed by atoms with E-state index in [-0.39, 0.29) is 0 Å². The van der Waals surface area contributed by atoms with Crippen LogP contribution >= 0.6 is 0 Å². The summed E-state index contributed by atoms with van der Waals surface area (Å²) in [4.78, 5) is 4.54. The molecule has 0 aliphatic rings. The Morgan fingerprint density at radius 3 is 2.52 bits per heavy atom. The van der Waals surface area contributed by atoms with E-state index in [1.807, 2.05) is 6.33 Å².